The second-order valence-corrected chi connectivity index (χ2v) is 19.6. The molecule has 0 saturated carbocycles. The van der Waals surface area contributed by atoms with Crippen molar-refractivity contribution >= 4 is 17.9 Å². The highest BCUT2D eigenvalue weighted by atomic mass is 16.5. The maximum Gasteiger partial charge on any atom is 0.323 e. The number of aliphatic hydroxyl groups is 1. The van der Waals surface area contributed by atoms with E-state index in [1.807, 2.05) is 27.7 Å². The van der Waals surface area contributed by atoms with Crippen LogP contribution in [0.15, 0.2) is 0 Å². The molecule has 1 rings (SSSR count). The molecule has 3 atom stereocenters. The number of ether oxygens (including phenoxy) is 3. The molecule has 1 aliphatic heterocycles. The maximum absolute atomic E-state index is 13.3. The smallest absolute Gasteiger partial charge is 0.323 e. The summed E-state index contributed by atoms with van der Waals surface area (Å²) >= 11 is 0. The Morgan fingerprint density at radius 3 is 1.47 bits per heavy atom. The zero-order valence-electron chi connectivity index (χ0n) is 40.0. The SMILES string of the molecule is CCCCCCCCCCCOC(=O)C(C)(C)CCCCCCOC(=O)[C@@H]1C[C@H](O)CN1CCCCCCC(C)(C)C(=O)OC(CCCCCC)CCCCCCCC. The molecule has 0 aliphatic carbocycles. The maximum atomic E-state index is 13.3. The normalized spacial score (nSPS) is 16.7. The lowest BCUT2D eigenvalue weighted by Crippen LogP contribution is -2.38. The number of hydrogen-bond donors (Lipinski definition) is 1. The summed E-state index contributed by atoms with van der Waals surface area (Å²) in [6.07, 6.45) is 34.7. The Morgan fingerprint density at radius 1 is 0.542 bits per heavy atom. The van der Waals surface area contributed by atoms with E-state index in [0.29, 0.717) is 26.2 Å². The standard InChI is InChI=1S/C51H97NO7/c1-8-11-14-17-19-20-21-26-34-41-58-48(55)50(4,5)37-31-24-27-33-40-57-47(54)46-42-44(53)43-52(46)39-32-25-23-30-38-51(6,7)49(56)59-45(35-28-16-13-10-3)36-29-22-18-15-12-9-2/h44-46,53H,8-43H2,1-7H3/t44-,45?,46-/m0/s1. The summed E-state index contributed by atoms with van der Waals surface area (Å²) in [5.41, 5.74) is -0.972. The fraction of sp³-hybridized carbons (Fsp3) is 0.941. The molecule has 1 N–H and O–H groups in total. The van der Waals surface area contributed by atoms with Gasteiger partial charge in [-0.3, -0.25) is 19.3 Å². The summed E-state index contributed by atoms with van der Waals surface area (Å²) in [6.45, 7) is 17.0. The molecule has 0 radical (unpaired) electrons. The molecule has 1 fully saturated rings. The fourth-order valence-corrected chi connectivity index (χ4v) is 8.40. The summed E-state index contributed by atoms with van der Waals surface area (Å²) in [6, 6.07) is -0.382. The van der Waals surface area contributed by atoms with E-state index >= 15 is 0 Å². The van der Waals surface area contributed by atoms with Crippen LogP contribution in [0.1, 0.15) is 254 Å². The first kappa shape index (κ1) is 55.3. The quantitative estimate of drug-likeness (QED) is 0.0370. The molecule has 59 heavy (non-hydrogen) atoms. The summed E-state index contributed by atoms with van der Waals surface area (Å²) in [7, 11) is 0. The highest BCUT2D eigenvalue weighted by Gasteiger charge is 2.37. The van der Waals surface area contributed by atoms with Crippen molar-refractivity contribution in [2.75, 3.05) is 26.3 Å². The van der Waals surface area contributed by atoms with Crippen molar-refractivity contribution in [1.29, 1.82) is 0 Å². The second-order valence-electron chi connectivity index (χ2n) is 19.6. The number of esters is 3. The minimum atomic E-state index is -0.504. The average Bonchev–Trinajstić information content (AvgIpc) is 3.58. The molecule has 1 aliphatic rings. The van der Waals surface area contributed by atoms with Crippen molar-refractivity contribution < 1.29 is 33.7 Å². The average molecular weight is 836 g/mol. The third-order valence-corrected chi connectivity index (χ3v) is 12.7. The van der Waals surface area contributed by atoms with Crippen molar-refractivity contribution in [3.63, 3.8) is 0 Å². The number of β-amino-alcohol motifs (C(OH)–C–C–N with tert-alkyl or cyclic N) is 1. The Kier molecular flexibility index (Phi) is 32.7. The largest absolute Gasteiger partial charge is 0.465 e. The number of unbranched alkanes of at least 4 members (excludes halogenated alkanes) is 22. The molecule has 1 unspecified atom stereocenters. The van der Waals surface area contributed by atoms with Crippen LogP contribution < -0.4 is 0 Å². The molecule has 348 valence electrons. The van der Waals surface area contributed by atoms with Gasteiger partial charge in [-0.1, -0.05) is 162 Å². The molecule has 1 saturated heterocycles. The molecule has 8 nitrogen and oxygen atoms in total. The van der Waals surface area contributed by atoms with Crippen LogP contribution in [0.3, 0.4) is 0 Å². The van der Waals surface area contributed by atoms with Crippen molar-refractivity contribution in [2.24, 2.45) is 10.8 Å². The van der Waals surface area contributed by atoms with Gasteiger partial charge in [-0.05, 0) is 92.0 Å². The molecule has 0 bridgehead atoms. The number of carbonyl (C=O) groups excluding carboxylic acids is 3. The highest BCUT2D eigenvalue weighted by Crippen LogP contribution is 2.29. The van der Waals surface area contributed by atoms with Crippen LogP contribution >= 0.6 is 0 Å². The highest BCUT2D eigenvalue weighted by molar-refractivity contribution is 5.77. The van der Waals surface area contributed by atoms with Gasteiger partial charge in [0, 0.05) is 13.0 Å². The van der Waals surface area contributed by atoms with E-state index in [1.165, 1.54) is 96.3 Å². The van der Waals surface area contributed by atoms with Crippen LogP contribution in [0.5, 0.6) is 0 Å². The van der Waals surface area contributed by atoms with Crippen molar-refractivity contribution in [2.45, 2.75) is 272 Å². The van der Waals surface area contributed by atoms with Crippen LogP contribution in [-0.4, -0.2) is 72.5 Å². The van der Waals surface area contributed by atoms with Gasteiger partial charge in [0.15, 0.2) is 0 Å². The van der Waals surface area contributed by atoms with E-state index in [9.17, 15) is 19.5 Å². The van der Waals surface area contributed by atoms with Crippen LogP contribution in [0, 0.1) is 10.8 Å². The zero-order chi connectivity index (χ0) is 43.6. The Balaban J connectivity index is 2.26. The predicted octanol–water partition coefficient (Wildman–Crippen LogP) is 13.6. The third kappa shape index (κ3) is 27.8. The van der Waals surface area contributed by atoms with E-state index < -0.39 is 16.9 Å². The fourth-order valence-electron chi connectivity index (χ4n) is 8.40. The molecule has 0 aromatic rings. The lowest BCUT2D eigenvalue weighted by Gasteiger charge is -2.27. The Hall–Kier alpha value is -1.67. The van der Waals surface area contributed by atoms with Crippen molar-refractivity contribution in [3.8, 4) is 0 Å². The molecule has 8 heteroatoms. The third-order valence-electron chi connectivity index (χ3n) is 12.7. The summed E-state index contributed by atoms with van der Waals surface area (Å²) in [4.78, 5) is 41.1. The van der Waals surface area contributed by atoms with Gasteiger partial charge in [-0.15, -0.1) is 0 Å². The van der Waals surface area contributed by atoms with Gasteiger partial charge in [0.25, 0.3) is 0 Å². The van der Waals surface area contributed by atoms with E-state index in [2.05, 4.69) is 25.7 Å². The number of carbonyl (C=O) groups is 3. The van der Waals surface area contributed by atoms with Crippen molar-refractivity contribution in [3.05, 3.63) is 0 Å². The number of nitrogens with zero attached hydrogens (tertiary/aromatic N) is 1. The van der Waals surface area contributed by atoms with E-state index in [-0.39, 0.29) is 30.1 Å². The van der Waals surface area contributed by atoms with Gasteiger partial charge >= 0.3 is 17.9 Å². The van der Waals surface area contributed by atoms with Crippen LogP contribution in [0.4, 0.5) is 0 Å². The van der Waals surface area contributed by atoms with Gasteiger partial charge in [0.2, 0.25) is 0 Å². The van der Waals surface area contributed by atoms with Gasteiger partial charge in [0.05, 0.1) is 30.1 Å². The molecular formula is C51H97NO7. The number of likely N-dealkylation sites (tertiary alicyclic amines) is 1. The Morgan fingerprint density at radius 2 is 0.949 bits per heavy atom. The first-order chi connectivity index (χ1) is 28.4. The molecule has 0 spiro atoms. The zero-order valence-corrected chi connectivity index (χ0v) is 40.0. The van der Waals surface area contributed by atoms with Crippen LogP contribution in [0.25, 0.3) is 0 Å². The summed E-state index contributed by atoms with van der Waals surface area (Å²) in [5, 5.41) is 10.4. The Bertz CT molecular complexity index is 1050. The predicted molar refractivity (Wildman–Crippen MR) is 245 cm³/mol. The van der Waals surface area contributed by atoms with E-state index in [4.69, 9.17) is 14.2 Å². The lowest BCUT2D eigenvalue weighted by atomic mass is 9.86. The molecule has 0 aromatic heterocycles. The first-order valence-corrected chi connectivity index (χ1v) is 25.3. The summed E-state index contributed by atoms with van der Waals surface area (Å²) < 4.78 is 17.5. The lowest BCUT2D eigenvalue weighted by molar-refractivity contribution is -0.161. The second kappa shape index (κ2) is 34.9. The van der Waals surface area contributed by atoms with Gasteiger partial charge < -0.3 is 19.3 Å². The van der Waals surface area contributed by atoms with Crippen molar-refractivity contribution in [1.82, 2.24) is 4.90 Å². The molecule has 0 aromatic carbocycles. The summed E-state index contributed by atoms with van der Waals surface area (Å²) in [5.74, 6) is -0.361. The van der Waals surface area contributed by atoms with Gasteiger partial charge in [0.1, 0.15) is 12.1 Å². The van der Waals surface area contributed by atoms with Gasteiger partial charge in [-0.2, -0.15) is 0 Å². The molecule has 0 amide bonds. The number of hydrogen-bond acceptors (Lipinski definition) is 8. The molecular weight excluding hydrogens is 739 g/mol. The van der Waals surface area contributed by atoms with E-state index in [0.717, 1.165) is 109 Å². The Labute approximate surface area is 364 Å². The topological polar surface area (TPSA) is 102 Å². The van der Waals surface area contributed by atoms with Crippen LogP contribution in [0.2, 0.25) is 0 Å². The van der Waals surface area contributed by atoms with Crippen LogP contribution in [-0.2, 0) is 28.6 Å². The first-order valence-electron chi connectivity index (χ1n) is 25.3. The number of aliphatic hydroxyl groups excluding tert-OH is 1. The van der Waals surface area contributed by atoms with E-state index in [1.54, 1.807) is 0 Å². The monoisotopic (exact) mass is 836 g/mol. The van der Waals surface area contributed by atoms with Gasteiger partial charge in [-0.25, -0.2) is 0 Å². The number of rotatable bonds is 40. The minimum absolute atomic E-state index is 0.0422. The molecule has 1 heterocycles. The minimum Gasteiger partial charge on any atom is -0.465 e.